The summed E-state index contributed by atoms with van der Waals surface area (Å²) in [6, 6.07) is 23.6. The minimum atomic E-state index is -0.468. The molecule has 6 heteroatoms. The Bertz CT molecular complexity index is 1200. The van der Waals surface area contributed by atoms with Gasteiger partial charge in [0, 0.05) is 23.4 Å². The topological polar surface area (TPSA) is 75.4 Å². The van der Waals surface area contributed by atoms with Gasteiger partial charge < -0.3 is 14.6 Å². The number of nitrogens with zero attached hydrogens (tertiary/aromatic N) is 2. The van der Waals surface area contributed by atoms with Crippen LogP contribution in [-0.2, 0) is 4.79 Å². The molecule has 0 bridgehead atoms. The largest absolute Gasteiger partial charge is 0.436 e. The van der Waals surface area contributed by atoms with Crippen LogP contribution in [0.25, 0.3) is 22.6 Å². The third kappa shape index (κ3) is 3.80. The van der Waals surface area contributed by atoms with E-state index in [1.54, 1.807) is 17.0 Å². The molecule has 1 atom stereocenters. The number of fused-ring (bicyclic) bond motifs is 1. The number of hydrogen-bond acceptors (Lipinski definition) is 4. The molecule has 1 saturated heterocycles. The summed E-state index contributed by atoms with van der Waals surface area (Å²) in [4.78, 5) is 31.9. The number of rotatable bonds is 4. The second kappa shape index (κ2) is 8.07. The summed E-state index contributed by atoms with van der Waals surface area (Å²) in [6.07, 6.45) is 1.47. The van der Waals surface area contributed by atoms with Gasteiger partial charge in [-0.3, -0.25) is 9.59 Å². The van der Waals surface area contributed by atoms with Crippen molar-refractivity contribution < 1.29 is 14.0 Å². The number of benzene rings is 3. The zero-order valence-electron chi connectivity index (χ0n) is 16.8. The van der Waals surface area contributed by atoms with Crippen LogP contribution >= 0.6 is 0 Å². The van der Waals surface area contributed by atoms with Gasteiger partial charge in [0.25, 0.3) is 5.91 Å². The van der Waals surface area contributed by atoms with E-state index < -0.39 is 6.04 Å². The van der Waals surface area contributed by atoms with Crippen molar-refractivity contribution in [2.45, 2.75) is 18.9 Å². The summed E-state index contributed by atoms with van der Waals surface area (Å²) >= 11 is 0. The Morgan fingerprint density at radius 3 is 2.45 bits per heavy atom. The van der Waals surface area contributed by atoms with E-state index >= 15 is 0 Å². The van der Waals surface area contributed by atoms with Crippen molar-refractivity contribution in [3.63, 3.8) is 0 Å². The fraction of sp³-hybridized carbons (Fsp3) is 0.160. The van der Waals surface area contributed by atoms with Crippen molar-refractivity contribution >= 4 is 28.6 Å². The summed E-state index contributed by atoms with van der Waals surface area (Å²) in [6.45, 7) is 0.586. The van der Waals surface area contributed by atoms with Crippen LogP contribution in [0, 0.1) is 0 Å². The van der Waals surface area contributed by atoms with Crippen LogP contribution in [0.3, 0.4) is 0 Å². The smallest absolute Gasteiger partial charge is 0.254 e. The van der Waals surface area contributed by atoms with Crippen molar-refractivity contribution in [3.05, 3.63) is 84.4 Å². The third-order valence-electron chi connectivity index (χ3n) is 5.53. The quantitative estimate of drug-likeness (QED) is 0.526. The molecule has 2 amide bonds. The Morgan fingerprint density at radius 1 is 0.935 bits per heavy atom. The van der Waals surface area contributed by atoms with Crippen molar-refractivity contribution in [1.29, 1.82) is 0 Å². The summed E-state index contributed by atoms with van der Waals surface area (Å²) < 4.78 is 5.80. The Kier molecular flexibility index (Phi) is 4.96. The molecule has 1 aliphatic rings. The molecule has 1 unspecified atom stereocenters. The highest BCUT2D eigenvalue weighted by Crippen LogP contribution is 2.26. The highest BCUT2D eigenvalue weighted by Gasteiger charge is 2.34. The highest BCUT2D eigenvalue weighted by atomic mass is 16.3. The van der Waals surface area contributed by atoms with E-state index in [4.69, 9.17) is 4.42 Å². The summed E-state index contributed by atoms with van der Waals surface area (Å²) in [5.41, 5.74) is 3.64. The number of anilines is 1. The molecule has 1 aliphatic heterocycles. The number of hydrogen-bond donors (Lipinski definition) is 1. The fourth-order valence-electron chi connectivity index (χ4n) is 3.95. The van der Waals surface area contributed by atoms with Crippen LogP contribution in [0.2, 0.25) is 0 Å². The van der Waals surface area contributed by atoms with Crippen molar-refractivity contribution in [2.24, 2.45) is 0 Å². The number of carbonyl (C=O) groups is 2. The number of oxazole rings is 1. The molecule has 1 N–H and O–H groups in total. The van der Waals surface area contributed by atoms with Gasteiger partial charge in [-0.2, -0.15) is 0 Å². The predicted octanol–water partition coefficient (Wildman–Crippen LogP) is 4.74. The highest BCUT2D eigenvalue weighted by molar-refractivity contribution is 6.01. The first-order chi connectivity index (χ1) is 15.2. The summed E-state index contributed by atoms with van der Waals surface area (Å²) in [5, 5.41) is 2.94. The van der Waals surface area contributed by atoms with Gasteiger partial charge in [0.15, 0.2) is 5.58 Å². The van der Waals surface area contributed by atoms with Crippen molar-refractivity contribution in [1.82, 2.24) is 9.88 Å². The maximum atomic E-state index is 12.9. The van der Waals surface area contributed by atoms with E-state index in [-0.39, 0.29) is 11.8 Å². The molecule has 6 nitrogen and oxygen atoms in total. The molecule has 1 fully saturated rings. The fourth-order valence-corrected chi connectivity index (χ4v) is 3.95. The van der Waals surface area contributed by atoms with E-state index in [1.165, 1.54) is 0 Å². The van der Waals surface area contributed by atoms with Gasteiger partial charge in [0.05, 0.1) is 0 Å². The first-order valence-corrected chi connectivity index (χ1v) is 10.3. The Morgan fingerprint density at radius 2 is 1.68 bits per heavy atom. The van der Waals surface area contributed by atoms with Crippen molar-refractivity contribution in [2.75, 3.05) is 11.9 Å². The molecule has 5 rings (SSSR count). The summed E-state index contributed by atoms with van der Waals surface area (Å²) in [7, 11) is 0. The zero-order chi connectivity index (χ0) is 21.2. The van der Waals surface area contributed by atoms with Crippen LogP contribution in [0.1, 0.15) is 23.2 Å². The Balaban J connectivity index is 1.29. The first kappa shape index (κ1) is 19.1. The molecule has 2 heterocycles. The lowest BCUT2D eigenvalue weighted by molar-refractivity contribution is -0.119. The lowest BCUT2D eigenvalue weighted by Gasteiger charge is -2.24. The molecule has 0 aliphatic carbocycles. The number of para-hydroxylation sites is 2. The molecule has 3 aromatic carbocycles. The minimum Gasteiger partial charge on any atom is -0.436 e. The average Bonchev–Trinajstić information content (AvgIpc) is 3.47. The number of amides is 2. The normalized spacial score (nSPS) is 15.9. The maximum absolute atomic E-state index is 12.9. The molecular formula is C25H21N3O3. The van der Waals surface area contributed by atoms with Gasteiger partial charge in [-0.15, -0.1) is 0 Å². The maximum Gasteiger partial charge on any atom is 0.254 e. The standard InChI is InChI=1S/C25H21N3O3/c29-23(21-10-6-16-28(21)25(30)18-7-2-1-3-8-18)26-19-14-12-17(13-15-19)24-27-20-9-4-5-11-22(20)31-24/h1-5,7-9,11-15,21H,6,10,16H2,(H,26,29). The predicted molar refractivity (Wildman–Crippen MR) is 119 cm³/mol. The third-order valence-corrected chi connectivity index (χ3v) is 5.53. The monoisotopic (exact) mass is 411 g/mol. The van der Waals surface area contributed by atoms with Gasteiger partial charge in [-0.05, 0) is 61.4 Å². The number of carbonyl (C=O) groups excluding carboxylic acids is 2. The second-order valence-corrected chi connectivity index (χ2v) is 7.58. The number of nitrogens with one attached hydrogen (secondary N) is 1. The van der Waals surface area contributed by atoms with Crippen LogP contribution in [0.4, 0.5) is 5.69 Å². The lowest BCUT2D eigenvalue weighted by atomic mass is 10.1. The molecule has 0 spiro atoms. The van der Waals surface area contributed by atoms with Crippen molar-refractivity contribution in [3.8, 4) is 11.5 Å². The van der Waals surface area contributed by atoms with Crippen LogP contribution in [0.5, 0.6) is 0 Å². The SMILES string of the molecule is O=C(Nc1ccc(-c2nc3ccccc3o2)cc1)C1CCCN1C(=O)c1ccccc1. The van der Waals surface area contributed by atoms with E-state index in [0.717, 1.165) is 23.1 Å². The number of likely N-dealkylation sites (tertiary alicyclic amines) is 1. The summed E-state index contributed by atoms with van der Waals surface area (Å²) in [5.74, 6) is 0.260. The first-order valence-electron chi connectivity index (χ1n) is 10.3. The van der Waals surface area contributed by atoms with Gasteiger partial charge in [-0.1, -0.05) is 30.3 Å². The van der Waals surface area contributed by atoms with Gasteiger partial charge in [0.2, 0.25) is 11.8 Å². The lowest BCUT2D eigenvalue weighted by Crippen LogP contribution is -2.43. The average molecular weight is 411 g/mol. The van der Waals surface area contributed by atoms with E-state index in [9.17, 15) is 9.59 Å². The Labute approximate surface area is 179 Å². The molecule has 0 radical (unpaired) electrons. The molecular weight excluding hydrogens is 390 g/mol. The molecule has 0 saturated carbocycles. The number of aromatic nitrogens is 1. The van der Waals surface area contributed by atoms with Gasteiger partial charge in [-0.25, -0.2) is 4.98 Å². The zero-order valence-corrected chi connectivity index (χ0v) is 16.8. The van der Waals surface area contributed by atoms with Crippen LogP contribution < -0.4 is 5.32 Å². The van der Waals surface area contributed by atoms with E-state index in [1.807, 2.05) is 66.7 Å². The minimum absolute atomic E-state index is 0.107. The van der Waals surface area contributed by atoms with Gasteiger partial charge >= 0.3 is 0 Å². The molecule has 154 valence electrons. The van der Waals surface area contributed by atoms with E-state index in [0.29, 0.717) is 30.1 Å². The van der Waals surface area contributed by atoms with E-state index in [2.05, 4.69) is 10.3 Å². The molecule has 4 aromatic rings. The molecule has 31 heavy (non-hydrogen) atoms. The van der Waals surface area contributed by atoms with Crippen LogP contribution in [-0.4, -0.2) is 34.3 Å². The molecule has 1 aromatic heterocycles. The second-order valence-electron chi connectivity index (χ2n) is 7.58. The Hall–Kier alpha value is -3.93. The van der Waals surface area contributed by atoms with Gasteiger partial charge in [0.1, 0.15) is 11.6 Å². The van der Waals surface area contributed by atoms with Crippen LogP contribution in [0.15, 0.2) is 83.3 Å².